The number of aromatic amines is 1. The number of hydrogen-bond donors (Lipinski definition) is 1. The molecule has 6 nitrogen and oxygen atoms in total. The first-order chi connectivity index (χ1) is 9.12. The molecular weight excluding hydrogens is 246 g/mol. The maximum atomic E-state index is 10.8. The van der Waals surface area contributed by atoms with E-state index < -0.39 is 0 Å². The van der Waals surface area contributed by atoms with Crippen LogP contribution in [0.15, 0.2) is 17.3 Å². The summed E-state index contributed by atoms with van der Waals surface area (Å²) >= 11 is 0. The third kappa shape index (κ3) is 2.16. The fraction of sp³-hybridized carbons (Fsp3) is 0.308. The summed E-state index contributed by atoms with van der Waals surface area (Å²) in [5, 5.41) is 10.0. The Kier molecular flexibility index (Phi) is 3.50. The zero-order chi connectivity index (χ0) is 14.0. The van der Waals surface area contributed by atoms with Gasteiger partial charge >= 0.3 is 0 Å². The lowest BCUT2D eigenvalue weighted by Crippen LogP contribution is -1.92. The third-order valence-corrected chi connectivity index (χ3v) is 3.00. The number of hydrogen-bond acceptors (Lipinski definition) is 5. The summed E-state index contributed by atoms with van der Waals surface area (Å²) in [6.07, 6.45) is 0. The molecule has 100 valence electrons. The standard InChI is InChI=1S/C13H15N3O3/c1-7-13(8(2)15-14-7)9-5-12(19-4)10(16-17)6-11(9)18-3/h5-6H,1-4H3,(H,14,15). The average molecular weight is 261 g/mol. The average Bonchev–Trinajstić information content (AvgIpc) is 2.76. The highest BCUT2D eigenvalue weighted by Gasteiger charge is 2.18. The van der Waals surface area contributed by atoms with Crippen LogP contribution in [0.4, 0.5) is 5.69 Å². The molecule has 0 bridgehead atoms. The van der Waals surface area contributed by atoms with Crippen LogP contribution in [0, 0.1) is 18.8 Å². The van der Waals surface area contributed by atoms with Gasteiger partial charge in [0.05, 0.1) is 19.9 Å². The Labute approximate surface area is 110 Å². The van der Waals surface area contributed by atoms with Crippen molar-refractivity contribution in [3.63, 3.8) is 0 Å². The normalized spacial score (nSPS) is 10.3. The number of aromatic nitrogens is 2. The van der Waals surface area contributed by atoms with Gasteiger partial charge in [0.2, 0.25) is 0 Å². The van der Waals surface area contributed by atoms with E-state index in [9.17, 15) is 4.91 Å². The lowest BCUT2D eigenvalue weighted by atomic mass is 10.0. The molecule has 1 aromatic heterocycles. The zero-order valence-electron chi connectivity index (χ0n) is 11.3. The third-order valence-electron chi connectivity index (χ3n) is 3.00. The number of nitrogens with zero attached hydrogens (tertiary/aromatic N) is 2. The maximum absolute atomic E-state index is 10.8. The monoisotopic (exact) mass is 261 g/mol. The largest absolute Gasteiger partial charge is 0.496 e. The molecule has 0 saturated heterocycles. The van der Waals surface area contributed by atoms with Crippen molar-refractivity contribution in [3.05, 3.63) is 28.4 Å². The molecule has 0 amide bonds. The molecule has 0 aliphatic rings. The first-order valence-corrected chi connectivity index (χ1v) is 5.73. The highest BCUT2D eigenvalue weighted by molar-refractivity contribution is 5.79. The summed E-state index contributed by atoms with van der Waals surface area (Å²) < 4.78 is 10.5. The number of nitrogens with one attached hydrogen (secondary N) is 1. The molecule has 0 aliphatic carbocycles. The molecule has 0 fully saturated rings. The molecule has 0 saturated carbocycles. The predicted molar refractivity (Wildman–Crippen MR) is 72.1 cm³/mol. The summed E-state index contributed by atoms with van der Waals surface area (Å²) in [5.74, 6) is 0.966. The molecule has 2 aromatic rings. The molecular formula is C13H15N3O3. The van der Waals surface area contributed by atoms with Gasteiger partial charge in [-0.1, -0.05) is 0 Å². The van der Waals surface area contributed by atoms with E-state index in [-0.39, 0.29) is 5.69 Å². The summed E-state index contributed by atoms with van der Waals surface area (Å²) in [7, 11) is 3.04. The molecule has 0 spiro atoms. The van der Waals surface area contributed by atoms with Crippen molar-refractivity contribution in [2.45, 2.75) is 13.8 Å². The fourth-order valence-corrected chi connectivity index (χ4v) is 2.10. The highest BCUT2D eigenvalue weighted by atomic mass is 16.5. The number of methoxy groups -OCH3 is 2. The van der Waals surface area contributed by atoms with Crippen LogP contribution in [0.5, 0.6) is 11.5 Å². The Balaban J connectivity index is 2.72. The SMILES string of the molecule is COc1cc(-c2c(C)n[nH]c2C)c(OC)cc1N=O. The Bertz CT molecular complexity index is 600. The van der Waals surface area contributed by atoms with E-state index in [0.29, 0.717) is 11.5 Å². The van der Waals surface area contributed by atoms with Gasteiger partial charge in [-0.3, -0.25) is 5.10 Å². The lowest BCUT2D eigenvalue weighted by Gasteiger charge is -2.12. The van der Waals surface area contributed by atoms with Crippen LogP contribution < -0.4 is 9.47 Å². The van der Waals surface area contributed by atoms with Crippen molar-refractivity contribution >= 4 is 5.69 Å². The predicted octanol–water partition coefficient (Wildman–Crippen LogP) is 3.11. The number of benzene rings is 1. The number of nitroso groups, excluding NO2 is 1. The van der Waals surface area contributed by atoms with Gasteiger partial charge in [-0.15, -0.1) is 4.91 Å². The minimum atomic E-state index is 0.210. The topological polar surface area (TPSA) is 76.6 Å². The molecule has 0 radical (unpaired) electrons. The Morgan fingerprint density at radius 1 is 1.16 bits per heavy atom. The van der Waals surface area contributed by atoms with Crippen LogP contribution in [0.2, 0.25) is 0 Å². The molecule has 1 heterocycles. The summed E-state index contributed by atoms with van der Waals surface area (Å²) in [4.78, 5) is 10.8. The molecule has 1 N–H and O–H groups in total. The van der Waals surface area contributed by atoms with E-state index in [1.807, 2.05) is 13.8 Å². The van der Waals surface area contributed by atoms with E-state index in [2.05, 4.69) is 15.4 Å². The zero-order valence-corrected chi connectivity index (χ0v) is 11.3. The minimum absolute atomic E-state index is 0.210. The molecule has 1 aromatic carbocycles. The molecule has 6 heteroatoms. The Hall–Kier alpha value is -2.37. The molecule has 2 rings (SSSR count). The molecule has 19 heavy (non-hydrogen) atoms. The van der Waals surface area contributed by atoms with Crippen LogP contribution in [-0.4, -0.2) is 24.4 Å². The van der Waals surface area contributed by atoms with Crippen molar-refractivity contribution in [3.8, 4) is 22.6 Å². The lowest BCUT2D eigenvalue weighted by molar-refractivity contribution is 0.405. The van der Waals surface area contributed by atoms with Crippen LogP contribution in [0.1, 0.15) is 11.4 Å². The smallest absolute Gasteiger partial charge is 0.153 e. The number of ether oxygens (including phenoxy) is 2. The maximum Gasteiger partial charge on any atom is 0.153 e. The van der Waals surface area contributed by atoms with Crippen LogP contribution in [0.3, 0.4) is 0 Å². The quantitative estimate of drug-likeness (QED) is 0.858. The van der Waals surface area contributed by atoms with E-state index in [4.69, 9.17) is 9.47 Å². The van der Waals surface area contributed by atoms with Gasteiger partial charge in [-0.2, -0.15) is 5.10 Å². The van der Waals surface area contributed by atoms with Gasteiger partial charge in [0.25, 0.3) is 0 Å². The van der Waals surface area contributed by atoms with Crippen LogP contribution >= 0.6 is 0 Å². The summed E-state index contributed by atoms with van der Waals surface area (Å²) in [6, 6.07) is 3.30. The number of rotatable bonds is 4. The Morgan fingerprint density at radius 3 is 2.32 bits per heavy atom. The van der Waals surface area contributed by atoms with E-state index >= 15 is 0 Å². The highest BCUT2D eigenvalue weighted by Crippen LogP contribution is 2.41. The summed E-state index contributed by atoms with van der Waals surface area (Å²) in [5.41, 5.74) is 3.74. The van der Waals surface area contributed by atoms with Gasteiger partial charge in [0.15, 0.2) is 5.69 Å². The van der Waals surface area contributed by atoms with Gasteiger partial charge in [-0.25, -0.2) is 0 Å². The second-order valence-electron chi connectivity index (χ2n) is 4.12. The molecule has 0 atom stereocenters. The van der Waals surface area contributed by atoms with Gasteiger partial charge in [-0.05, 0) is 25.1 Å². The van der Waals surface area contributed by atoms with Gasteiger partial charge in [0.1, 0.15) is 11.5 Å². The molecule has 0 aliphatic heterocycles. The number of H-pyrrole nitrogens is 1. The van der Waals surface area contributed by atoms with Crippen molar-refractivity contribution in [1.29, 1.82) is 0 Å². The fourth-order valence-electron chi connectivity index (χ4n) is 2.10. The van der Waals surface area contributed by atoms with Crippen molar-refractivity contribution in [2.75, 3.05) is 14.2 Å². The van der Waals surface area contributed by atoms with Crippen LogP contribution in [0.25, 0.3) is 11.1 Å². The summed E-state index contributed by atoms with van der Waals surface area (Å²) in [6.45, 7) is 3.82. The minimum Gasteiger partial charge on any atom is -0.496 e. The van der Waals surface area contributed by atoms with Crippen molar-refractivity contribution < 1.29 is 9.47 Å². The Morgan fingerprint density at radius 2 is 1.84 bits per heavy atom. The van der Waals surface area contributed by atoms with Crippen LogP contribution in [-0.2, 0) is 0 Å². The number of aryl methyl sites for hydroxylation is 2. The second-order valence-corrected chi connectivity index (χ2v) is 4.12. The second kappa shape index (κ2) is 5.09. The van der Waals surface area contributed by atoms with E-state index in [0.717, 1.165) is 22.5 Å². The van der Waals surface area contributed by atoms with E-state index in [1.165, 1.54) is 7.11 Å². The van der Waals surface area contributed by atoms with Gasteiger partial charge in [0, 0.05) is 22.9 Å². The van der Waals surface area contributed by atoms with Gasteiger partial charge < -0.3 is 9.47 Å². The van der Waals surface area contributed by atoms with Crippen molar-refractivity contribution in [2.24, 2.45) is 5.18 Å². The van der Waals surface area contributed by atoms with Crippen molar-refractivity contribution in [1.82, 2.24) is 10.2 Å². The first kappa shape index (κ1) is 13.1. The first-order valence-electron chi connectivity index (χ1n) is 5.73. The van der Waals surface area contributed by atoms with E-state index in [1.54, 1.807) is 19.2 Å². The molecule has 0 unspecified atom stereocenters.